The van der Waals surface area contributed by atoms with Gasteiger partial charge in [0.05, 0.1) is 0 Å². The minimum absolute atomic E-state index is 0.677. The summed E-state index contributed by atoms with van der Waals surface area (Å²) in [6.45, 7) is 10.3. The molecule has 0 amide bonds. The SMILES string of the molecule is Cc1cnccc1CNC1CC(C)CCC1C(C)C. The van der Waals surface area contributed by atoms with Gasteiger partial charge in [-0.05, 0) is 54.7 Å². The summed E-state index contributed by atoms with van der Waals surface area (Å²) in [5.41, 5.74) is 2.68. The van der Waals surface area contributed by atoms with Gasteiger partial charge in [-0.1, -0.05) is 27.2 Å². The molecule has 1 aliphatic rings. The molecule has 0 aromatic carbocycles. The summed E-state index contributed by atoms with van der Waals surface area (Å²) in [6, 6.07) is 2.82. The van der Waals surface area contributed by atoms with Gasteiger partial charge in [0, 0.05) is 25.0 Å². The Kier molecular flexibility index (Phi) is 4.98. The molecule has 1 fully saturated rings. The van der Waals surface area contributed by atoms with Crippen molar-refractivity contribution in [3.05, 3.63) is 29.6 Å². The number of hydrogen-bond acceptors (Lipinski definition) is 2. The number of rotatable bonds is 4. The summed E-state index contributed by atoms with van der Waals surface area (Å²) in [5.74, 6) is 2.48. The van der Waals surface area contributed by atoms with Crippen LogP contribution in [-0.4, -0.2) is 11.0 Å². The van der Waals surface area contributed by atoms with Gasteiger partial charge < -0.3 is 5.32 Å². The lowest BCUT2D eigenvalue weighted by Crippen LogP contribution is -2.42. The Hall–Kier alpha value is -0.890. The number of nitrogens with zero attached hydrogens (tertiary/aromatic N) is 1. The number of pyridine rings is 1. The Bertz CT molecular complexity index is 400. The molecule has 0 bridgehead atoms. The second-order valence-corrected chi connectivity index (χ2v) is 6.62. The molecule has 19 heavy (non-hydrogen) atoms. The molecule has 2 heteroatoms. The zero-order chi connectivity index (χ0) is 13.8. The van der Waals surface area contributed by atoms with Crippen LogP contribution in [0, 0.1) is 24.7 Å². The van der Waals surface area contributed by atoms with E-state index in [1.54, 1.807) is 0 Å². The van der Waals surface area contributed by atoms with Crippen molar-refractivity contribution in [2.45, 2.75) is 59.5 Å². The number of aryl methyl sites for hydroxylation is 1. The number of hydrogen-bond donors (Lipinski definition) is 1. The summed E-state index contributed by atoms with van der Waals surface area (Å²) < 4.78 is 0. The highest BCUT2D eigenvalue weighted by atomic mass is 14.9. The van der Waals surface area contributed by atoms with Gasteiger partial charge in [0.15, 0.2) is 0 Å². The molecule has 0 spiro atoms. The van der Waals surface area contributed by atoms with Gasteiger partial charge in [-0.3, -0.25) is 4.98 Å². The Morgan fingerprint density at radius 3 is 2.84 bits per heavy atom. The molecule has 0 aliphatic heterocycles. The maximum absolute atomic E-state index is 4.17. The van der Waals surface area contributed by atoms with E-state index in [-0.39, 0.29) is 0 Å². The average molecular weight is 260 g/mol. The van der Waals surface area contributed by atoms with Gasteiger partial charge in [0.25, 0.3) is 0 Å². The van der Waals surface area contributed by atoms with E-state index < -0.39 is 0 Å². The standard InChI is InChI=1S/C17H28N2/c1-12(2)16-6-5-13(3)9-17(16)19-11-15-7-8-18-10-14(15)4/h7-8,10,12-13,16-17,19H,5-6,9,11H2,1-4H3. The first-order valence-corrected chi connectivity index (χ1v) is 7.70. The summed E-state index contributed by atoms with van der Waals surface area (Å²) in [5, 5.41) is 3.81. The van der Waals surface area contributed by atoms with E-state index >= 15 is 0 Å². The molecule has 3 unspecified atom stereocenters. The molecular weight excluding hydrogens is 232 g/mol. The number of aromatic nitrogens is 1. The second kappa shape index (κ2) is 6.51. The van der Waals surface area contributed by atoms with Crippen LogP contribution < -0.4 is 5.32 Å². The van der Waals surface area contributed by atoms with Crippen LogP contribution in [0.25, 0.3) is 0 Å². The van der Waals surface area contributed by atoms with E-state index in [2.05, 4.69) is 44.1 Å². The van der Waals surface area contributed by atoms with Crippen molar-refractivity contribution in [2.75, 3.05) is 0 Å². The average Bonchev–Trinajstić information content (AvgIpc) is 2.37. The summed E-state index contributed by atoms with van der Waals surface area (Å²) >= 11 is 0. The van der Waals surface area contributed by atoms with E-state index in [9.17, 15) is 0 Å². The van der Waals surface area contributed by atoms with Crippen molar-refractivity contribution in [3.8, 4) is 0 Å². The number of nitrogens with one attached hydrogen (secondary N) is 1. The van der Waals surface area contributed by atoms with Crippen molar-refractivity contribution in [1.29, 1.82) is 0 Å². The summed E-state index contributed by atoms with van der Waals surface area (Å²) in [6.07, 6.45) is 7.96. The fraction of sp³-hybridized carbons (Fsp3) is 0.706. The maximum atomic E-state index is 4.17. The lowest BCUT2D eigenvalue weighted by Gasteiger charge is -2.38. The van der Waals surface area contributed by atoms with Crippen LogP contribution in [0.2, 0.25) is 0 Å². The third-order valence-electron chi connectivity index (χ3n) is 4.71. The Labute approximate surface area is 118 Å². The molecule has 1 heterocycles. The minimum atomic E-state index is 0.677. The molecule has 1 saturated carbocycles. The maximum Gasteiger partial charge on any atom is 0.0300 e. The molecule has 1 aromatic rings. The normalized spacial score (nSPS) is 27.7. The Morgan fingerprint density at radius 2 is 2.16 bits per heavy atom. The van der Waals surface area contributed by atoms with E-state index in [0.717, 1.165) is 24.3 Å². The van der Waals surface area contributed by atoms with Crippen LogP contribution >= 0.6 is 0 Å². The minimum Gasteiger partial charge on any atom is -0.310 e. The molecule has 1 aromatic heterocycles. The van der Waals surface area contributed by atoms with Gasteiger partial charge in [0.2, 0.25) is 0 Å². The quantitative estimate of drug-likeness (QED) is 0.887. The first-order valence-electron chi connectivity index (χ1n) is 7.70. The predicted octanol–water partition coefficient (Wildman–Crippen LogP) is 3.94. The lowest BCUT2D eigenvalue weighted by atomic mass is 9.74. The monoisotopic (exact) mass is 260 g/mol. The third kappa shape index (κ3) is 3.79. The largest absolute Gasteiger partial charge is 0.310 e. The predicted molar refractivity (Wildman–Crippen MR) is 80.9 cm³/mol. The van der Waals surface area contributed by atoms with Crippen LogP contribution in [0.5, 0.6) is 0 Å². The van der Waals surface area contributed by atoms with Crippen molar-refractivity contribution in [3.63, 3.8) is 0 Å². The third-order valence-corrected chi connectivity index (χ3v) is 4.71. The highest BCUT2D eigenvalue weighted by molar-refractivity contribution is 5.21. The van der Waals surface area contributed by atoms with Crippen molar-refractivity contribution < 1.29 is 0 Å². The molecule has 2 rings (SSSR count). The van der Waals surface area contributed by atoms with Gasteiger partial charge >= 0.3 is 0 Å². The van der Waals surface area contributed by atoms with Crippen LogP contribution in [0.1, 0.15) is 51.2 Å². The van der Waals surface area contributed by atoms with E-state index in [1.165, 1.54) is 30.4 Å². The highest BCUT2D eigenvalue weighted by Gasteiger charge is 2.30. The van der Waals surface area contributed by atoms with E-state index in [4.69, 9.17) is 0 Å². The highest BCUT2D eigenvalue weighted by Crippen LogP contribution is 2.33. The van der Waals surface area contributed by atoms with Gasteiger partial charge in [-0.25, -0.2) is 0 Å². The zero-order valence-electron chi connectivity index (χ0n) is 12.8. The van der Waals surface area contributed by atoms with Crippen molar-refractivity contribution >= 4 is 0 Å². The molecule has 1 aliphatic carbocycles. The van der Waals surface area contributed by atoms with Crippen molar-refractivity contribution in [2.24, 2.45) is 17.8 Å². The van der Waals surface area contributed by atoms with E-state index in [0.29, 0.717) is 6.04 Å². The zero-order valence-corrected chi connectivity index (χ0v) is 12.8. The molecule has 2 nitrogen and oxygen atoms in total. The fourth-order valence-electron chi connectivity index (χ4n) is 3.38. The summed E-state index contributed by atoms with van der Waals surface area (Å²) in [7, 11) is 0. The molecular formula is C17H28N2. The Balaban J connectivity index is 1.97. The first kappa shape index (κ1) is 14.5. The first-order chi connectivity index (χ1) is 9.08. The van der Waals surface area contributed by atoms with Gasteiger partial charge in [0.1, 0.15) is 0 Å². The van der Waals surface area contributed by atoms with Crippen LogP contribution in [0.4, 0.5) is 0 Å². The topological polar surface area (TPSA) is 24.9 Å². The van der Waals surface area contributed by atoms with Crippen LogP contribution in [0.15, 0.2) is 18.5 Å². The molecule has 106 valence electrons. The van der Waals surface area contributed by atoms with Crippen molar-refractivity contribution in [1.82, 2.24) is 10.3 Å². The Morgan fingerprint density at radius 1 is 1.37 bits per heavy atom. The van der Waals surface area contributed by atoms with Gasteiger partial charge in [-0.15, -0.1) is 0 Å². The summed E-state index contributed by atoms with van der Waals surface area (Å²) in [4.78, 5) is 4.17. The second-order valence-electron chi connectivity index (χ2n) is 6.62. The molecule has 3 atom stereocenters. The molecule has 0 radical (unpaired) electrons. The van der Waals surface area contributed by atoms with Gasteiger partial charge in [-0.2, -0.15) is 0 Å². The molecule has 1 N–H and O–H groups in total. The fourth-order valence-corrected chi connectivity index (χ4v) is 3.38. The smallest absolute Gasteiger partial charge is 0.0300 e. The van der Waals surface area contributed by atoms with Crippen LogP contribution in [-0.2, 0) is 6.54 Å². The molecule has 0 saturated heterocycles. The van der Waals surface area contributed by atoms with E-state index in [1.807, 2.05) is 12.4 Å². The van der Waals surface area contributed by atoms with Crippen LogP contribution in [0.3, 0.4) is 0 Å². The lowest BCUT2D eigenvalue weighted by molar-refractivity contribution is 0.169.